The molecule has 0 saturated heterocycles. The second-order valence-corrected chi connectivity index (χ2v) is 5.71. The maximum absolute atomic E-state index is 11.9. The number of nitro benzene ring substituents is 1. The zero-order valence-electron chi connectivity index (χ0n) is 11.8. The summed E-state index contributed by atoms with van der Waals surface area (Å²) in [5, 5.41) is 14.0. The molecular weight excluding hydrogens is 314 g/mol. The molecule has 0 saturated carbocycles. The molecule has 0 spiro atoms. The summed E-state index contributed by atoms with van der Waals surface area (Å²) < 4.78 is 1.05. The van der Waals surface area contributed by atoms with Crippen LogP contribution in [-0.4, -0.2) is 15.8 Å². The molecule has 1 heterocycles. The van der Waals surface area contributed by atoms with Crippen LogP contribution in [0.5, 0.6) is 0 Å². The fourth-order valence-electron chi connectivity index (χ4n) is 1.99. The molecule has 0 atom stereocenters. The largest absolute Gasteiger partial charge is 0.322 e. The van der Waals surface area contributed by atoms with Gasteiger partial charge in [-0.05, 0) is 24.3 Å². The number of nitrogens with zero attached hydrogens (tertiary/aromatic N) is 2. The first kappa shape index (κ1) is 14.9. The van der Waals surface area contributed by atoms with E-state index in [1.54, 1.807) is 12.1 Å². The van der Waals surface area contributed by atoms with Crippen LogP contribution >= 0.6 is 11.3 Å². The third-order valence-corrected chi connectivity index (χ3v) is 4.01. The highest BCUT2D eigenvalue weighted by Crippen LogP contribution is 2.22. The minimum Gasteiger partial charge on any atom is -0.322 e. The van der Waals surface area contributed by atoms with E-state index in [2.05, 4.69) is 10.3 Å². The van der Waals surface area contributed by atoms with E-state index in [1.807, 2.05) is 24.3 Å². The van der Waals surface area contributed by atoms with Crippen molar-refractivity contribution in [3.8, 4) is 0 Å². The monoisotopic (exact) mass is 325 g/mol. The zero-order valence-corrected chi connectivity index (χ0v) is 12.6. The van der Waals surface area contributed by atoms with Crippen molar-refractivity contribution in [2.24, 2.45) is 0 Å². The van der Waals surface area contributed by atoms with Crippen molar-refractivity contribution in [1.82, 2.24) is 4.98 Å². The molecule has 3 aromatic rings. The van der Waals surface area contributed by atoms with Crippen molar-refractivity contribution in [2.75, 3.05) is 5.32 Å². The Kier molecular flexibility index (Phi) is 4.11. The van der Waals surface area contributed by atoms with Gasteiger partial charge in [0, 0.05) is 23.9 Å². The van der Waals surface area contributed by atoms with Gasteiger partial charge in [0.05, 0.1) is 15.1 Å². The lowest BCUT2D eigenvalue weighted by Gasteiger charge is -2.01. The van der Waals surface area contributed by atoms with Gasteiger partial charge < -0.3 is 5.32 Å². The van der Waals surface area contributed by atoms with Gasteiger partial charge >= 0.3 is 0 Å². The van der Waals surface area contributed by atoms with Gasteiger partial charge in [0.25, 0.3) is 5.69 Å². The average molecular weight is 325 g/mol. The van der Waals surface area contributed by atoms with E-state index in [-0.39, 0.29) is 11.6 Å². The number of anilines is 1. The van der Waals surface area contributed by atoms with Crippen LogP contribution in [0.1, 0.15) is 5.01 Å². The number of non-ortho nitro benzene ring substituents is 1. The van der Waals surface area contributed by atoms with E-state index in [0.29, 0.717) is 5.69 Å². The van der Waals surface area contributed by atoms with Crippen LogP contribution in [-0.2, 0) is 4.79 Å². The SMILES string of the molecule is O=C(C=Cc1nc2ccccc2s1)Nc1cccc([N+](=O)[O-])c1. The quantitative estimate of drug-likeness (QED) is 0.448. The maximum Gasteiger partial charge on any atom is 0.271 e. The molecule has 0 aliphatic rings. The molecule has 114 valence electrons. The van der Waals surface area contributed by atoms with E-state index in [9.17, 15) is 14.9 Å². The van der Waals surface area contributed by atoms with Crippen molar-refractivity contribution in [3.05, 3.63) is 69.7 Å². The van der Waals surface area contributed by atoms with Crippen LogP contribution in [0.3, 0.4) is 0 Å². The fraction of sp³-hybridized carbons (Fsp3) is 0. The van der Waals surface area contributed by atoms with Crippen LogP contribution in [0.2, 0.25) is 0 Å². The topological polar surface area (TPSA) is 85.1 Å². The number of rotatable bonds is 4. The standard InChI is InChI=1S/C16H11N3O3S/c20-15(17-11-4-3-5-12(10-11)19(21)22)8-9-16-18-13-6-1-2-7-14(13)23-16/h1-10H,(H,17,20). The first-order chi connectivity index (χ1) is 11.1. The number of amides is 1. The van der Waals surface area contributed by atoms with Gasteiger partial charge in [-0.3, -0.25) is 14.9 Å². The molecule has 6 nitrogen and oxygen atoms in total. The summed E-state index contributed by atoms with van der Waals surface area (Å²) in [5.74, 6) is -0.371. The molecule has 3 rings (SSSR count). The highest BCUT2D eigenvalue weighted by molar-refractivity contribution is 7.19. The van der Waals surface area contributed by atoms with Gasteiger partial charge in [-0.25, -0.2) is 4.98 Å². The second-order valence-electron chi connectivity index (χ2n) is 4.65. The molecule has 0 unspecified atom stereocenters. The Hall–Kier alpha value is -3.06. The van der Waals surface area contributed by atoms with Gasteiger partial charge in [0.15, 0.2) is 0 Å². The fourth-order valence-corrected chi connectivity index (χ4v) is 2.86. The Bertz CT molecular complexity index is 885. The van der Waals surface area contributed by atoms with E-state index in [4.69, 9.17) is 0 Å². The first-order valence-electron chi connectivity index (χ1n) is 6.71. The summed E-state index contributed by atoms with van der Waals surface area (Å²) in [5.41, 5.74) is 1.19. The molecule has 2 aromatic carbocycles. The predicted octanol–water partition coefficient (Wildman–Crippen LogP) is 3.86. The summed E-state index contributed by atoms with van der Waals surface area (Å²) in [4.78, 5) is 26.5. The van der Waals surface area contributed by atoms with E-state index >= 15 is 0 Å². The second kappa shape index (κ2) is 6.37. The summed E-state index contributed by atoms with van der Waals surface area (Å²) in [6.45, 7) is 0. The third-order valence-electron chi connectivity index (χ3n) is 3.01. The normalized spacial score (nSPS) is 11.0. The Labute approximate surface area is 135 Å². The minimum absolute atomic E-state index is 0.0713. The van der Waals surface area contributed by atoms with Crippen molar-refractivity contribution in [1.29, 1.82) is 0 Å². The van der Waals surface area contributed by atoms with Crippen LogP contribution < -0.4 is 5.32 Å². The van der Waals surface area contributed by atoms with Gasteiger partial charge in [-0.2, -0.15) is 0 Å². The van der Waals surface area contributed by atoms with Crippen LogP contribution in [0.25, 0.3) is 16.3 Å². The average Bonchev–Trinajstić information content (AvgIpc) is 2.96. The molecule has 1 N–H and O–H groups in total. The van der Waals surface area contributed by atoms with E-state index in [0.717, 1.165) is 15.2 Å². The lowest BCUT2D eigenvalue weighted by molar-refractivity contribution is -0.384. The smallest absolute Gasteiger partial charge is 0.271 e. The lowest BCUT2D eigenvalue weighted by Crippen LogP contribution is -2.07. The number of fused-ring (bicyclic) bond motifs is 1. The number of hydrogen-bond donors (Lipinski definition) is 1. The molecule has 23 heavy (non-hydrogen) atoms. The Morgan fingerprint density at radius 3 is 2.83 bits per heavy atom. The Morgan fingerprint density at radius 2 is 2.04 bits per heavy atom. The number of carbonyl (C=O) groups excluding carboxylic acids is 1. The van der Waals surface area contributed by atoms with Gasteiger partial charge in [0.1, 0.15) is 5.01 Å². The van der Waals surface area contributed by atoms with Crippen molar-refractivity contribution in [3.63, 3.8) is 0 Å². The number of thiazole rings is 1. The number of nitrogens with one attached hydrogen (secondary N) is 1. The molecule has 0 aliphatic heterocycles. The maximum atomic E-state index is 11.9. The summed E-state index contributed by atoms with van der Waals surface area (Å²) in [6.07, 6.45) is 2.98. The van der Waals surface area contributed by atoms with Gasteiger partial charge in [0.2, 0.25) is 5.91 Å². The number of para-hydroxylation sites is 1. The van der Waals surface area contributed by atoms with Crippen LogP contribution in [0, 0.1) is 10.1 Å². The van der Waals surface area contributed by atoms with Gasteiger partial charge in [-0.1, -0.05) is 18.2 Å². The molecule has 7 heteroatoms. The molecule has 0 bridgehead atoms. The van der Waals surface area contributed by atoms with Crippen LogP contribution in [0.15, 0.2) is 54.6 Å². The molecule has 0 aliphatic carbocycles. The lowest BCUT2D eigenvalue weighted by atomic mass is 10.3. The number of carbonyl (C=O) groups is 1. The summed E-state index contributed by atoms with van der Waals surface area (Å²) in [6, 6.07) is 13.5. The van der Waals surface area contributed by atoms with Gasteiger partial charge in [-0.15, -0.1) is 11.3 Å². The van der Waals surface area contributed by atoms with Crippen molar-refractivity contribution < 1.29 is 9.72 Å². The number of nitro groups is 1. The number of hydrogen-bond acceptors (Lipinski definition) is 5. The highest BCUT2D eigenvalue weighted by Gasteiger charge is 2.07. The predicted molar refractivity (Wildman–Crippen MR) is 90.4 cm³/mol. The van der Waals surface area contributed by atoms with E-state index < -0.39 is 4.92 Å². The third kappa shape index (κ3) is 3.58. The molecule has 1 aromatic heterocycles. The summed E-state index contributed by atoms with van der Waals surface area (Å²) in [7, 11) is 0. The minimum atomic E-state index is -0.507. The summed E-state index contributed by atoms with van der Waals surface area (Å²) >= 11 is 1.48. The Morgan fingerprint density at radius 1 is 1.22 bits per heavy atom. The number of aromatic nitrogens is 1. The highest BCUT2D eigenvalue weighted by atomic mass is 32.1. The van der Waals surface area contributed by atoms with Crippen molar-refractivity contribution in [2.45, 2.75) is 0 Å². The first-order valence-corrected chi connectivity index (χ1v) is 7.52. The van der Waals surface area contributed by atoms with Crippen LogP contribution in [0.4, 0.5) is 11.4 Å². The zero-order chi connectivity index (χ0) is 16.2. The van der Waals surface area contributed by atoms with Crippen molar-refractivity contribution >= 4 is 44.9 Å². The molecular formula is C16H11N3O3S. The Balaban J connectivity index is 1.71. The molecule has 0 radical (unpaired) electrons. The number of benzene rings is 2. The van der Waals surface area contributed by atoms with E-state index in [1.165, 1.54) is 35.6 Å². The molecule has 1 amide bonds. The molecule has 0 fully saturated rings.